The molecule has 0 aliphatic rings. The van der Waals surface area contributed by atoms with Crippen LogP contribution >= 0.6 is 7.82 Å². The topological polar surface area (TPSA) is 71.1 Å². The van der Waals surface area contributed by atoms with Crippen LogP contribution in [0.15, 0.2) is 72.8 Å². The molecule has 0 aromatic heterocycles. The van der Waals surface area contributed by atoms with Crippen LogP contribution in [0, 0.1) is 20.8 Å². The van der Waals surface area contributed by atoms with Crippen molar-refractivity contribution in [3.8, 4) is 11.5 Å². The van der Waals surface area contributed by atoms with Gasteiger partial charge >= 0.3 is 13.8 Å². The highest BCUT2D eigenvalue weighted by atomic mass is 31.2. The number of rotatable bonds is 7. The van der Waals surface area contributed by atoms with E-state index in [1.807, 2.05) is 19.1 Å². The van der Waals surface area contributed by atoms with E-state index in [-0.39, 0.29) is 11.5 Å². The lowest BCUT2D eigenvalue weighted by Crippen LogP contribution is -2.13. The molecule has 0 atom stereocenters. The van der Waals surface area contributed by atoms with E-state index in [2.05, 4.69) is 0 Å². The molecule has 0 N–H and O–H groups in total. The van der Waals surface area contributed by atoms with Gasteiger partial charge in [0.1, 0.15) is 11.5 Å². The third-order valence-corrected chi connectivity index (χ3v) is 5.13. The molecule has 3 aromatic carbocycles. The van der Waals surface area contributed by atoms with E-state index >= 15 is 0 Å². The number of phosphoric acid groups is 1. The molecule has 0 aliphatic heterocycles. The Morgan fingerprint density at radius 1 is 0.759 bits per heavy atom. The molecule has 0 saturated carbocycles. The first kappa shape index (κ1) is 20.6. The van der Waals surface area contributed by atoms with Crippen molar-refractivity contribution < 1.29 is 28.0 Å². The van der Waals surface area contributed by atoms with Crippen LogP contribution in [0.1, 0.15) is 27.0 Å². The zero-order valence-corrected chi connectivity index (χ0v) is 17.2. The van der Waals surface area contributed by atoms with Crippen LogP contribution < -0.4 is 9.05 Å². The normalized spacial score (nSPS) is 11.0. The standard InChI is InChI=1S/C22H21O6P/c1-16-14-17(2)21(18(3)15-16)22(23)25-28-29(24,26-19-10-6-4-7-11-19)27-20-12-8-5-9-13-20/h4-15H,1-3H3. The van der Waals surface area contributed by atoms with E-state index in [0.29, 0.717) is 5.56 Å². The molecule has 3 rings (SSSR count). The van der Waals surface area contributed by atoms with Crippen LogP contribution in [0.3, 0.4) is 0 Å². The molecular weight excluding hydrogens is 391 g/mol. The molecule has 7 heteroatoms. The molecule has 0 saturated heterocycles. The quantitative estimate of drug-likeness (QED) is 0.271. The van der Waals surface area contributed by atoms with Gasteiger partial charge in [-0.2, -0.15) is 0 Å². The van der Waals surface area contributed by atoms with Crippen LogP contribution in [0.4, 0.5) is 0 Å². The number of carbonyl (C=O) groups is 1. The van der Waals surface area contributed by atoms with Gasteiger partial charge in [0, 0.05) is 0 Å². The smallest absolute Gasteiger partial charge is 0.393 e. The average Bonchev–Trinajstić information content (AvgIpc) is 2.67. The Morgan fingerprint density at radius 3 is 1.66 bits per heavy atom. The minimum Gasteiger partial charge on any atom is -0.393 e. The summed E-state index contributed by atoms with van der Waals surface area (Å²) in [5.41, 5.74) is 2.79. The molecule has 0 fully saturated rings. The molecule has 29 heavy (non-hydrogen) atoms. The van der Waals surface area contributed by atoms with Crippen molar-refractivity contribution in [2.75, 3.05) is 0 Å². The van der Waals surface area contributed by atoms with Crippen LogP contribution in [0.2, 0.25) is 0 Å². The highest BCUT2D eigenvalue weighted by Gasteiger charge is 2.35. The number of phosphoric ester groups is 1. The van der Waals surface area contributed by atoms with Crippen molar-refractivity contribution in [3.05, 3.63) is 95.1 Å². The molecule has 0 unspecified atom stereocenters. The van der Waals surface area contributed by atoms with E-state index in [9.17, 15) is 9.36 Å². The molecule has 0 aliphatic carbocycles. The third kappa shape index (κ3) is 5.47. The summed E-state index contributed by atoms with van der Waals surface area (Å²) >= 11 is 0. The van der Waals surface area contributed by atoms with Crippen molar-refractivity contribution in [1.29, 1.82) is 0 Å². The van der Waals surface area contributed by atoms with Crippen LogP contribution in [0.5, 0.6) is 11.5 Å². The van der Waals surface area contributed by atoms with E-state index in [4.69, 9.17) is 18.6 Å². The molecule has 0 heterocycles. The lowest BCUT2D eigenvalue weighted by Gasteiger charge is -2.18. The first-order chi connectivity index (χ1) is 13.9. The van der Waals surface area contributed by atoms with Crippen LogP contribution in [0.25, 0.3) is 0 Å². The fraction of sp³-hybridized carbons (Fsp3) is 0.136. The third-order valence-electron chi connectivity index (χ3n) is 4.01. The van der Waals surface area contributed by atoms with Gasteiger partial charge in [-0.15, -0.1) is 0 Å². The lowest BCUT2D eigenvalue weighted by atomic mass is 10.0. The second-order valence-corrected chi connectivity index (χ2v) is 7.88. The van der Waals surface area contributed by atoms with Crippen LogP contribution in [-0.4, -0.2) is 5.97 Å². The number of carbonyl (C=O) groups excluding carboxylic acids is 1. The molecule has 0 radical (unpaired) electrons. The Morgan fingerprint density at radius 2 is 1.21 bits per heavy atom. The van der Waals surface area contributed by atoms with Crippen molar-refractivity contribution >= 4 is 13.8 Å². The Bertz CT molecular complexity index is 965. The second kappa shape index (κ2) is 8.95. The Kier molecular flexibility index (Phi) is 6.37. The molecule has 150 valence electrons. The molecule has 3 aromatic rings. The number of hydrogen-bond acceptors (Lipinski definition) is 6. The Balaban J connectivity index is 1.81. The van der Waals surface area contributed by atoms with Gasteiger partial charge in [0.25, 0.3) is 0 Å². The van der Waals surface area contributed by atoms with Gasteiger partial charge in [-0.05, 0) is 60.8 Å². The summed E-state index contributed by atoms with van der Waals surface area (Å²) in [5, 5.41) is 0. The number of aryl methyl sites for hydroxylation is 3. The fourth-order valence-electron chi connectivity index (χ4n) is 2.89. The highest BCUT2D eigenvalue weighted by Crippen LogP contribution is 2.50. The van der Waals surface area contributed by atoms with Gasteiger partial charge in [0.05, 0.1) is 5.56 Å². The molecule has 6 nitrogen and oxygen atoms in total. The summed E-state index contributed by atoms with van der Waals surface area (Å²) in [4.78, 5) is 17.5. The zero-order chi connectivity index (χ0) is 20.9. The van der Waals surface area contributed by atoms with Crippen molar-refractivity contribution in [1.82, 2.24) is 0 Å². The van der Waals surface area contributed by atoms with Gasteiger partial charge in [-0.3, -0.25) is 4.89 Å². The maximum atomic E-state index is 13.2. The minimum atomic E-state index is -4.32. The highest BCUT2D eigenvalue weighted by molar-refractivity contribution is 7.49. The van der Waals surface area contributed by atoms with Gasteiger partial charge in [-0.25, -0.2) is 9.36 Å². The van der Waals surface area contributed by atoms with Gasteiger partial charge in [0.2, 0.25) is 0 Å². The summed E-state index contributed by atoms with van der Waals surface area (Å²) in [5.74, 6) is -0.301. The number of para-hydroxylation sites is 2. The Hall–Kier alpha value is -3.08. The lowest BCUT2D eigenvalue weighted by molar-refractivity contribution is -0.163. The van der Waals surface area contributed by atoms with Gasteiger partial charge in [-0.1, -0.05) is 54.1 Å². The van der Waals surface area contributed by atoms with E-state index in [0.717, 1.165) is 16.7 Å². The maximum absolute atomic E-state index is 13.2. The first-order valence-corrected chi connectivity index (χ1v) is 10.4. The maximum Gasteiger partial charge on any atom is 0.625 e. The second-order valence-electron chi connectivity index (χ2n) is 6.47. The van der Waals surface area contributed by atoms with Crippen molar-refractivity contribution in [2.24, 2.45) is 0 Å². The molecule has 0 bridgehead atoms. The SMILES string of the molecule is Cc1cc(C)c(C(=O)OOP(=O)(Oc2ccccc2)Oc2ccccc2)c(C)c1. The summed E-state index contributed by atoms with van der Waals surface area (Å²) in [7, 11) is -4.32. The van der Waals surface area contributed by atoms with Crippen molar-refractivity contribution in [2.45, 2.75) is 20.8 Å². The van der Waals surface area contributed by atoms with Gasteiger partial charge < -0.3 is 9.05 Å². The predicted molar refractivity (Wildman–Crippen MR) is 109 cm³/mol. The summed E-state index contributed by atoms with van der Waals surface area (Å²) in [6, 6.07) is 20.4. The molecule has 0 amide bonds. The largest absolute Gasteiger partial charge is 0.625 e. The first-order valence-electron chi connectivity index (χ1n) is 8.94. The van der Waals surface area contributed by atoms with E-state index in [1.54, 1.807) is 74.5 Å². The monoisotopic (exact) mass is 412 g/mol. The number of hydrogen-bond donors (Lipinski definition) is 0. The summed E-state index contributed by atoms with van der Waals surface area (Å²) < 4.78 is 28.9. The fourth-order valence-corrected chi connectivity index (χ4v) is 3.91. The zero-order valence-electron chi connectivity index (χ0n) is 16.3. The van der Waals surface area contributed by atoms with E-state index < -0.39 is 13.8 Å². The number of benzene rings is 3. The van der Waals surface area contributed by atoms with Gasteiger partial charge in [0.15, 0.2) is 0 Å². The Labute approximate surface area is 169 Å². The molecular formula is C22H21O6P. The average molecular weight is 412 g/mol. The summed E-state index contributed by atoms with van der Waals surface area (Å²) in [6.07, 6.45) is 0. The minimum absolute atomic E-state index is 0.241. The molecule has 0 spiro atoms. The van der Waals surface area contributed by atoms with Crippen molar-refractivity contribution in [3.63, 3.8) is 0 Å². The summed E-state index contributed by atoms with van der Waals surface area (Å²) in [6.45, 7) is 5.51. The predicted octanol–water partition coefficient (Wildman–Crippen LogP) is 5.97. The van der Waals surface area contributed by atoms with Crippen LogP contribution in [-0.2, 0) is 14.1 Å². The van der Waals surface area contributed by atoms with E-state index in [1.165, 1.54) is 0 Å².